The van der Waals surface area contributed by atoms with Gasteiger partial charge in [0.15, 0.2) is 5.82 Å². The van der Waals surface area contributed by atoms with Crippen molar-refractivity contribution in [3.63, 3.8) is 0 Å². The van der Waals surface area contributed by atoms with Crippen LogP contribution in [0.15, 0.2) is 12.1 Å². The molecule has 0 spiro atoms. The molecular weight excluding hydrogens is 210 g/mol. The van der Waals surface area contributed by atoms with Crippen LogP contribution in [0.1, 0.15) is 6.42 Å². The first kappa shape index (κ1) is 12.0. The van der Waals surface area contributed by atoms with Crippen LogP contribution in [-0.2, 0) is 0 Å². The number of nitrogen functional groups attached to an aromatic ring is 1. The summed E-state index contributed by atoms with van der Waals surface area (Å²) in [7, 11) is 1.59. The number of thioether (sulfide) groups is 1. The fraction of sp³-hybridized carbons (Fsp3) is 0.500. The van der Waals surface area contributed by atoms with E-state index in [0.717, 1.165) is 18.7 Å². The lowest BCUT2D eigenvalue weighted by atomic mass is 10.3. The van der Waals surface area contributed by atoms with Crippen molar-refractivity contribution in [2.24, 2.45) is 0 Å². The van der Waals surface area contributed by atoms with Gasteiger partial charge in [0.1, 0.15) is 0 Å². The maximum Gasteiger partial charge on any atom is 0.215 e. The van der Waals surface area contributed by atoms with Crippen molar-refractivity contribution in [2.45, 2.75) is 6.42 Å². The number of ether oxygens (including phenoxy) is 1. The Kier molecular flexibility index (Phi) is 5.10. The minimum atomic E-state index is 0.580. The van der Waals surface area contributed by atoms with Gasteiger partial charge in [0, 0.05) is 12.6 Å². The van der Waals surface area contributed by atoms with Gasteiger partial charge in [-0.2, -0.15) is 16.7 Å². The summed E-state index contributed by atoms with van der Waals surface area (Å²) in [6.07, 6.45) is 3.19. The van der Waals surface area contributed by atoms with E-state index in [1.54, 1.807) is 19.2 Å². The van der Waals surface area contributed by atoms with Gasteiger partial charge in [0.05, 0.1) is 12.8 Å². The monoisotopic (exact) mass is 227 g/mol. The molecule has 0 aliphatic rings. The number of pyridine rings is 1. The first-order valence-electron chi connectivity index (χ1n) is 4.81. The number of aromatic nitrogens is 1. The number of nitrogens with two attached hydrogens (primary N) is 1. The molecule has 0 unspecified atom stereocenters. The molecule has 0 aliphatic heterocycles. The predicted molar refractivity (Wildman–Crippen MR) is 66.7 cm³/mol. The van der Waals surface area contributed by atoms with Gasteiger partial charge >= 0.3 is 0 Å². The second kappa shape index (κ2) is 6.40. The van der Waals surface area contributed by atoms with Crippen LogP contribution in [0, 0.1) is 0 Å². The number of nitrogens with one attached hydrogen (secondary N) is 1. The quantitative estimate of drug-likeness (QED) is 0.726. The molecule has 0 atom stereocenters. The molecule has 5 heteroatoms. The lowest BCUT2D eigenvalue weighted by Gasteiger charge is -2.09. The summed E-state index contributed by atoms with van der Waals surface area (Å²) in [5, 5.41) is 3.19. The molecule has 0 aliphatic carbocycles. The zero-order valence-corrected chi connectivity index (χ0v) is 9.93. The molecule has 84 valence electrons. The summed E-state index contributed by atoms with van der Waals surface area (Å²) in [4.78, 5) is 4.22. The molecule has 0 amide bonds. The van der Waals surface area contributed by atoms with Crippen LogP contribution >= 0.6 is 11.8 Å². The molecule has 0 bridgehead atoms. The van der Waals surface area contributed by atoms with Gasteiger partial charge in [0.25, 0.3) is 0 Å². The molecule has 0 saturated carbocycles. The van der Waals surface area contributed by atoms with Gasteiger partial charge in [-0.05, 0) is 24.5 Å². The zero-order chi connectivity index (χ0) is 11.1. The molecule has 1 aromatic heterocycles. The highest BCUT2D eigenvalue weighted by atomic mass is 32.2. The van der Waals surface area contributed by atoms with E-state index in [0.29, 0.717) is 17.4 Å². The SMILES string of the molecule is COc1ccc(N)c(NCCCSC)n1. The topological polar surface area (TPSA) is 60.2 Å². The molecule has 0 radical (unpaired) electrons. The van der Waals surface area contributed by atoms with Crippen molar-refractivity contribution in [2.75, 3.05) is 36.7 Å². The molecule has 0 aromatic carbocycles. The fourth-order valence-electron chi connectivity index (χ4n) is 1.13. The number of anilines is 2. The largest absolute Gasteiger partial charge is 0.481 e. The summed E-state index contributed by atoms with van der Waals surface area (Å²) in [6.45, 7) is 0.880. The molecular formula is C10H17N3OS. The number of hydrogen-bond acceptors (Lipinski definition) is 5. The Morgan fingerprint density at radius 3 is 3.00 bits per heavy atom. The van der Waals surface area contributed by atoms with Gasteiger partial charge in [-0.1, -0.05) is 0 Å². The molecule has 1 rings (SSSR count). The molecule has 1 aromatic rings. The van der Waals surface area contributed by atoms with E-state index in [2.05, 4.69) is 16.6 Å². The Morgan fingerprint density at radius 2 is 2.33 bits per heavy atom. The third kappa shape index (κ3) is 3.87. The molecule has 3 N–H and O–H groups in total. The Labute approximate surface area is 94.6 Å². The standard InChI is InChI=1S/C10H17N3OS/c1-14-9-5-4-8(11)10(13-9)12-6-3-7-15-2/h4-5H,3,6-7,11H2,1-2H3,(H,12,13). The van der Waals surface area contributed by atoms with Crippen LogP contribution < -0.4 is 15.8 Å². The van der Waals surface area contributed by atoms with Crippen molar-refractivity contribution in [1.29, 1.82) is 0 Å². The van der Waals surface area contributed by atoms with Crippen LogP contribution in [0.2, 0.25) is 0 Å². The third-order valence-corrected chi connectivity index (χ3v) is 2.62. The van der Waals surface area contributed by atoms with Crippen molar-refractivity contribution in [3.8, 4) is 5.88 Å². The van der Waals surface area contributed by atoms with E-state index < -0.39 is 0 Å². The summed E-state index contributed by atoms with van der Waals surface area (Å²) >= 11 is 1.83. The molecule has 15 heavy (non-hydrogen) atoms. The van der Waals surface area contributed by atoms with Gasteiger partial charge in [-0.3, -0.25) is 0 Å². The van der Waals surface area contributed by atoms with Crippen molar-refractivity contribution in [3.05, 3.63) is 12.1 Å². The van der Waals surface area contributed by atoms with Crippen LogP contribution in [0.4, 0.5) is 11.5 Å². The van der Waals surface area contributed by atoms with Gasteiger partial charge < -0.3 is 15.8 Å². The van der Waals surface area contributed by atoms with Crippen LogP contribution in [0.5, 0.6) is 5.88 Å². The van der Waals surface area contributed by atoms with Crippen molar-refractivity contribution in [1.82, 2.24) is 4.98 Å². The van der Waals surface area contributed by atoms with Crippen LogP contribution in [-0.4, -0.2) is 30.6 Å². The predicted octanol–water partition coefficient (Wildman–Crippen LogP) is 1.84. The lowest BCUT2D eigenvalue weighted by Crippen LogP contribution is -2.07. The second-order valence-electron chi connectivity index (χ2n) is 3.06. The van der Waals surface area contributed by atoms with E-state index in [1.807, 2.05) is 11.8 Å². The van der Waals surface area contributed by atoms with Gasteiger partial charge in [-0.25, -0.2) is 0 Å². The molecule has 1 heterocycles. The van der Waals surface area contributed by atoms with E-state index in [4.69, 9.17) is 10.5 Å². The first-order valence-corrected chi connectivity index (χ1v) is 6.20. The van der Waals surface area contributed by atoms with Crippen molar-refractivity contribution >= 4 is 23.3 Å². The van der Waals surface area contributed by atoms with E-state index in [-0.39, 0.29) is 0 Å². The average Bonchev–Trinajstić information content (AvgIpc) is 2.26. The Morgan fingerprint density at radius 1 is 1.53 bits per heavy atom. The van der Waals surface area contributed by atoms with Gasteiger partial charge in [-0.15, -0.1) is 0 Å². The van der Waals surface area contributed by atoms with Crippen LogP contribution in [0.25, 0.3) is 0 Å². The Balaban J connectivity index is 2.51. The number of hydrogen-bond donors (Lipinski definition) is 2. The number of methoxy groups -OCH3 is 1. The molecule has 0 saturated heterocycles. The summed E-state index contributed by atoms with van der Waals surface area (Å²) < 4.78 is 5.03. The van der Waals surface area contributed by atoms with E-state index in [9.17, 15) is 0 Å². The highest BCUT2D eigenvalue weighted by Gasteiger charge is 2.01. The third-order valence-electron chi connectivity index (χ3n) is 1.93. The summed E-state index contributed by atoms with van der Waals surface area (Å²) in [5.74, 6) is 2.42. The number of nitrogens with zero attached hydrogens (tertiary/aromatic N) is 1. The minimum Gasteiger partial charge on any atom is -0.481 e. The first-order chi connectivity index (χ1) is 7.27. The summed E-state index contributed by atoms with van der Waals surface area (Å²) in [5.41, 5.74) is 6.43. The van der Waals surface area contributed by atoms with Crippen LogP contribution in [0.3, 0.4) is 0 Å². The second-order valence-corrected chi connectivity index (χ2v) is 4.05. The maximum atomic E-state index is 5.77. The van der Waals surface area contributed by atoms with Crippen molar-refractivity contribution < 1.29 is 4.74 Å². The molecule has 0 fully saturated rings. The minimum absolute atomic E-state index is 0.580. The smallest absolute Gasteiger partial charge is 0.215 e. The Hall–Kier alpha value is -1.10. The lowest BCUT2D eigenvalue weighted by molar-refractivity contribution is 0.398. The zero-order valence-electron chi connectivity index (χ0n) is 9.12. The molecule has 4 nitrogen and oxygen atoms in total. The van der Waals surface area contributed by atoms with Gasteiger partial charge in [0.2, 0.25) is 5.88 Å². The number of rotatable bonds is 6. The normalized spacial score (nSPS) is 10.0. The highest BCUT2D eigenvalue weighted by molar-refractivity contribution is 7.98. The maximum absolute atomic E-state index is 5.77. The Bertz CT molecular complexity index is 307. The average molecular weight is 227 g/mol. The highest BCUT2D eigenvalue weighted by Crippen LogP contribution is 2.19. The summed E-state index contributed by atoms with van der Waals surface area (Å²) in [6, 6.07) is 3.55. The fourth-order valence-corrected chi connectivity index (χ4v) is 1.56. The van der Waals surface area contributed by atoms with E-state index >= 15 is 0 Å². The van der Waals surface area contributed by atoms with E-state index in [1.165, 1.54) is 0 Å².